The molecule has 0 spiro atoms. The fourth-order valence-electron chi connectivity index (χ4n) is 2.91. The summed E-state index contributed by atoms with van der Waals surface area (Å²) in [7, 11) is 0. The smallest absolute Gasteiger partial charge is 0.398 e. The van der Waals surface area contributed by atoms with Crippen LogP contribution in [0.2, 0.25) is 5.02 Å². The van der Waals surface area contributed by atoms with Crippen LogP contribution in [0.4, 0.5) is 33.3 Å². The number of amides is 1. The summed E-state index contributed by atoms with van der Waals surface area (Å²) in [5.74, 6) is -2.36. The van der Waals surface area contributed by atoms with Gasteiger partial charge in [0.25, 0.3) is 5.91 Å². The van der Waals surface area contributed by atoms with E-state index in [1.165, 1.54) is 24.5 Å². The van der Waals surface area contributed by atoms with E-state index in [1.807, 2.05) is 0 Å². The highest BCUT2D eigenvalue weighted by molar-refractivity contribution is 7.98. The van der Waals surface area contributed by atoms with Crippen LogP contribution < -0.4 is 11.1 Å². The predicted octanol–water partition coefficient (Wildman–Crippen LogP) is 6.86. The maximum absolute atomic E-state index is 14.7. The van der Waals surface area contributed by atoms with Gasteiger partial charge in [0.1, 0.15) is 11.6 Å². The zero-order valence-corrected chi connectivity index (χ0v) is 17.4. The van der Waals surface area contributed by atoms with E-state index in [4.69, 9.17) is 17.3 Å². The van der Waals surface area contributed by atoms with Crippen molar-refractivity contribution in [3.8, 4) is 11.1 Å². The molecule has 1 amide bonds. The summed E-state index contributed by atoms with van der Waals surface area (Å²) in [5.41, 5.74) is 4.50. The van der Waals surface area contributed by atoms with Gasteiger partial charge in [-0.25, -0.2) is 8.78 Å². The van der Waals surface area contributed by atoms with E-state index < -0.39 is 29.3 Å². The van der Waals surface area contributed by atoms with Crippen LogP contribution in [-0.2, 0) is 6.18 Å². The lowest BCUT2D eigenvalue weighted by Gasteiger charge is -2.14. The highest BCUT2D eigenvalue weighted by Gasteiger charge is 2.33. The fourth-order valence-corrected chi connectivity index (χ4v) is 3.76. The molecular formula is C21H14ClF5N2OS. The second kappa shape index (κ2) is 8.76. The van der Waals surface area contributed by atoms with Crippen molar-refractivity contribution in [1.82, 2.24) is 0 Å². The monoisotopic (exact) mass is 472 g/mol. The maximum atomic E-state index is 14.7. The van der Waals surface area contributed by atoms with Crippen LogP contribution in [0.25, 0.3) is 11.1 Å². The Morgan fingerprint density at radius 2 is 1.74 bits per heavy atom. The molecule has 3 nitrogen and oxygen atoms in total. The van der Waals surface area contributed by atoms with E-state index in [9.17, 15) is 26.7 Å². The molecule has 0 heterocycles. The van der Waals surface area contributed by atoms with Gasteiger partial charge in [-0.2, -0.15) is 13.2 Å². The van der Waals surface area contributed by atoms with Crippen molar-refractivity contribution < 1.29 is 26.7 Å². The van der Waals surface area contributed by atoms with E-state index in [1.54, 1.807) is 0 Å². The molecule has 3 aromatic carbocycles. The second-order valence-electron chi connectivity index (χ2n) is 6.41. The summed E-state index contributed by atoms with van der Waals surface area (Å²) >= 11 is 7.04. The van der Waals surface area contributed by atoms with Gasteiger partial charge in [-0.05, 0) is 54.8 Å². The molecule has 0 aliphatic carbocycles. The van der Waals surface area contributed by atoms with Gasteiger partial charge < -0.3 is 11.1 Å². The van der Waals surface area contributed by atoms with Crippen LogP contribution in [0.1, 0.15) is 15.9 Å². The molecular weight excluding hydrogens is 459 g/mol. The normalized spacial score (nSPS) is 11.5. The lowest BCUT2D eigenvalue weighted by Crippen LogP contribution is -2.14. The zero-order valence-electron chi connectivity index (χ0n) is 15.8. The number of nitrogens with two attached hydrogens (primary N) is 1. The number of benzene rings is 3. The van der Waals surface area contributed by atoms with E-state index in [0.29, 0.717) is 0 Å². The molecule has 3 aromatic rings. The lowest BCUT2D eigenvalue weighted by atomic mass is 10.0. The molecule has 0 atom stereocenters. The molecule has 10 heteroatoms. The Labute approximate surface area is 183 Å². The first-order valence-corrected chi connectivity index (χ1v) is 10.2. The highest BCUT2D eigenvalue weighted by Crippen LogP contribution is 2.38. The molecule has 0 fully saturated rings. The number of hydrogen-bond acceptors (Lipinski definition) is 3. The quantitative estimate of drug-likeness (QED) is 0.248. The molecule has 0 aliphatic heterocycles. The molecule has 0 aliphatic rings. The molecule has 0 unspecified atom stereocenters. The molecule has 31 heavy (non-hydrogen) atoms. The summed E-state index contributed by atoms with van der Waals surface area (Å²) in [6.45, 7) is 0. The predicted molar refractivity (Wildman–Crippen MR) is 112 cm³/mol. The molecule has 0 bridgehead atoms. The zero-order chi connectivity index (χ0) is 22.9. The standard InChI is InChI=1S/C21H14ClF5N2OS/c1-31-19-5-3-11(7-15(19)21(25,26)27)29-20(30)14-9-17(24)13(8-16(14)22)12-4-2-10(23)6-18(12)28/h2-9H,28H2,1H3,(H,29,30). The Morgan fingerprint density at radius 1 is 1.03 bits per heavy atom. The number of nitrogens with one attached hydrogen (secondary N) is 1. The third-order valence-electron chi connectivity index (χ3n) is 4.37. The van der Waals surface area contributed by atoms with Gasteiger partial charge in [0.15, 0.2) is 0 Å². The minimum Gasteiger partial charge on any atom is -0.398 e. The number of nitrogen functional groups attached to an aromatic ring is 1. The minimum atomic E-state index is -4.61. The van der Waals surface area contributed by atoms with Crippen LogP contribution in [-0.4, -0.2) is 12.2 Å². The van der Waals surface area contributed by atoms with E-state index in [0.717, 1.165) is 42.1 Å². The Bertz CT molecular complexity index is 1170. The number of thioether (sulfide) groups is 1. The summed E-state index contributed by atoms with van der Waals surface area (Å²) in [6, 6.07) is 8.69. The number of carbonyl (C=O) groups excluding carboxylic acids is 1. The summed E-state index contributed by atoms with van der Waals surface area (Å²) in [5, 5.41) is 2.14. The maximum Gasteiger partial charge on any atom is 0.417 e. The molecule has 162 valence electrons. The van der Waals surface area contributed by atoms with Crippen LogP contribution in [0.3, 0.4) is 0 Å². The SMILES string of the molecule is CSc1ccc(NC(=O)c2cc(F)c(-c3ccc(F)cc3N)cc2Cl)cc1C(F)(F)F. The molecule has 3 N–H and O–H groups in total. The Hall–Kier alpha value is -2.78. The third-order valence-corrected chi connectivity index (χ3v) is 5.48. The van der Waals surface area contributed by atoms with Gasteiger partial charge in [0.05, 0.1) is 16.1 Å². The van der Waals surface area contributed by atoms with Crippen LogP contribution >= 0.6 is 23.4 Å². The minimum absolute atomic E-state index is 0.00387. The number of halogens is 6. The van der Waals surface area contributed by atoms with Gasteiger partial charge in [-0.3, -0.25) is 4.79 Å². The largest absolute Gasteiger partial charge is 0.417 e. The Balaban J connectivity index is 1.94. The number of anilines is 2. The molecule has 0 radical (unpaired) electrons. The summed E-state index contributed by atoms with van der Waals surface area (Å²) in [6.07, 6.45) is -3.11. The van der Waals surface area contributed by atoms with Crippen molar-refractivity contribution in [2.75, 3.05) is 17.3 Å². The Kier molecular flexibility index (Phi) is 6.47. The number of hydrogen-bond donors (Lipinski definition) is 2. The van der Waals surface area contributed by atoms with Crippen LogP contribution in [0, 0.1) is 11.6 Å². The molecule has 0 saturated heterocycles. The van der Waals surface area contributed by atoms with Gasteiger partial charge in [-0.15, -0.1) is 11.8 Å². The van der Waals surface area contributed by atoms with Crippen LogP contribution in [0.5, 0.6) is 0 Å². The summed E-state index contributed by atoms with van der Waals surface area (Å²) in [4.78, 5) is 12.5. The first-order chi connectivity index (χ1) is 14.5. The van der Waals surface area contributed by atoms with Gasteiger partial charge in [0.2, 0.25) is 0 Å². The van der Waals surface area contributed by atoms with Crippen LogP contribution in [0.15, 0.2) is 53.4 Å². The van der Waals surface area contributed by atoms with Crippen molar-refractivity contribution in [2.45, 2.75) is 11.1 Å². The first-order valence-electron chi connectivity index (χ1n) is 8.62. The molecule has 0 saturated carbocycles. The van der Waals surface area contributed by atoms with Crippen molar-refractivity contribution in [3.63, 3.8) is 0 Å². The first kappa shape index (κ1) is 22.9. The van der Waals surface area contributed by atoms with E-state index in [-0.39, 0.29) is 38.0 Å². The second-order valence-corrected chi connectivity index (χ2v) is 7.67. The van der Waals surface area contributed by atoms with Crippen molar-refractivity contribution in [2.24, 2.45) is 0 Å². The topological polar surface area (TPSA) is 55.1 Å². The van der Waals surface area contributed by atoms with Crippen molar-refractivity contribution in [1.29, 1.82) is 0 Å². The number of alkyl halides is 3. The lowest BCUT2D eigenvalue weighted by molar-refractivity contribution is -0.139. The Morgan fingerprint density at radius 3 is 2.35 bits per heavy atom. The number of carbonyl (C=O) groups is 1. The van der Waals surface area contributed by atoms with E-state index in [2.05, 4.69) is 5.32 Å². The van der Waals surface area contributed by atoms with Gasteiger partial charge in [-0.1, -0.05) is 11.6 Å². The van der Waals surface area contributed by atoms with Gasteiger partial charge in [0, 0.05) is 27.4 Å². The average molecular weight is 473 g/mol. The van der Waals surface area contributed by atoms with Crippen molar-refractivity contribution >= 4 is 40.6 Å². The number of rotatable bonds is 4. The molecule has 0 aromatic heterocycles. The third kappa shape index (κ3) is 4.94. The fraction of sp³-hybridized carbons (Fsp3) is 0.0952. The molecule has 3 rings (SSSR count). The van der Waals surface area contributed by atoms with Gasteiger partial charge >= 0.3 is 6.18 Å². The van der Waals surface area contributed by atoms with Crippen molar-refractivity contribution in [3.05, 3.63) is 76.3 Å². The average Bonchev–Trinajstić information content (AvgIpc) is 2.69. The highest BCUT2D eigenvalue weighted by atomic mass is 35.5. The summed E-state index contributed by atoms with van der Waals surface area (Å²) < 4.78 is 67.6. The van der Waals surface area contributed by atoms with E-state index >= 15 is 0 Å².